The standard InChI is InChI=1S/C31H42N4O4.ClH/c1-2-33-13-14-34(20-28(36)26-17-22-5-3-4-6-24(22)19-32-26)30(38)25-8-7-23(18-27(25)33)29(37)35-12-9-31(21-35)10-15-39-16-11-31;/h3-8,18,26,28,30,32,36,38H,2,9-17,19-21H2,1H3;1H/t26-,28+,30?;/m0./s1. The van der Waals surface area contributed by atoms with Crippen molar-refractivity contribution >= 4 is 24.0 Å². The molecule has 1 amide bonds. The molecule has 3 atom stereocenters. The summed E-state index contributed by atoms with van der Waals surface area (Å²) in [5.74, 6) is 0.0758. The average molecular weight is 571 g/mol. The summed E-state index contributed by atoms with van der Waals surface area (Å²) in [6, 6.07) is 14.1. The van der Waals surface area contributed by atoms with Crippen LogP contribution in [-0.2, 0) is 17.7 Å². The van der Waals surface area contributed by atoms with Gasteiger partial charge in [0.05, 0.1) is 6.10 Å². The van der Waals surface area contributed by atoms with Crippen LogP contribution >= 0.6 is 12.4 Å². The Hall–Kier alpha value is -2.20. The van der Waals surface area contributed by atoms with Crippen molar-refractivity contribution in [3.05, 3.63) is 64.7 Å². The second-order valence-electron chi connectivity index (χ2n) is 11.8. The lowest BCUT2D eigenvalue weighted by atomic mass is 9.80. The predicted molar refractivity (Wildman–Crippen MR) is 158 cm³/mol. The number of likely N-dealkylation sites (N-methyl/N-ethyl adjacent to an activating group) is 1. The zero-order valence-corrected chi connectivity index (χ0v) is 24.2. The van der Waals surface area contributed by atoms with Crippen LogP contribution in [0.1, 0.15) is 59.5 Å². The molecule has 4 heterocycles. The minimum absolute atomic E-state index is 0. The van der Waals surface area contributed by atoms with E-state index in [0.29, 0.717) is 18.7 Å². The van der Waals surface area contributed by atoms with E-state index in [1.807, 2.05) is 34.1 Å². The lowest BCUT2D eigenvalue weighted by molar-refractivity contribution is -0.0283. The first-order valence-electron chi connectivity index (χ1n) is 14.6. The summed E-state index contributed by atoms with van der Waals surface area (Å²) in [6.45, 7) is 8.53. The maximum atomic E-state index is 13.6. The van der Waals surface area contributed by atoms with Gasteiger partial charge < -0.3 is 30.1 Å². The van der Waals surface area contributed by atoms with Gasteiger partial charge in [-0.2, -0.15) is 0 Å². The zero-order chi connectivity index (χ0) is 27.0. The first kappa shape index (κ1) is 29.3. The molecule has 2 aromatic carbocycles. The molecule has 4 aliphatic rings. The van der Waals surface area contributed by atoms with E-state index < -0.39 is 12.3 Å². The van der Waals surface area contributed by atoms with Crippen molar-refractivity contribution in [1.82, 2.24) is 15.1 Å². The fourth-order valence-corrected chi connectivity index (χ4v) is 7.00. The van der Waals surface area contributed by atoms with E-state index in [9.17, 15) is 15.0 Å². The Morgan fingerprint density at radius 2 is 1.88 bits per heavy atom. The van der Waals surface area contributed by atoms with Gasteiger partial charge in [0.2, 0.25) is 0 Å². The van der Waals surface area contributed by atoms with Crippen LogP contribution < -0.4 is 10.2 Å². The van der Waals surface area contributed by atoms with Crippen molar-refractivity contribution in [1.29, 1.82) is 0 Å². The molecule has 4 aliphatic heterocycles. The number of rotatable bonds is 5. The van der Waals surface area contributed by atoms with Crippen LogP contribution in [0.4, 0.5) is 5.69 Å². The number of nitrogens with one attached hydrogen (secondary N) is 1. The number of hydrogen-bond acceptors (Lipinski definition) is 7. The molecule has 3 N–H and O–H groups in total. The number of aliphatic hydroxyl groups excluding tert-OH is 2. The molecule has 0 saturated carbocycles. The normalized spacial score (nSPS) is 25.1. The zero-order valence-electron chi connectivity index (χ0n) is 23.4. The molecule has 8 nitrogen and oxygen atoms in total. The molecule has 40 heavy (non-hydrogen) atoms. The highest BCUT2D eigenvalue weighted by Gasteiger charge is 2.41. The maximum absolute atomic E-state index is 13.6. The lowest BCUT2D eigenvalue weighted by Gasteiger charge is -2.34. The third-order valence-electron chi connectivity index (χ3n) is 9.56. The Morgan fingerprint density at radius 1 is 1.10 bits per heavy atom. The minimum Gasteiger partial charge on any atom is -0.390 e. The van der Waals surface area contributed by atoms with E-state index >= 15 is 0 Å². The summed E-state index contributed by atoms with van der Waals surface area (Å²) in [4.78, 5) is 19.8. The second-order valence-corrected chi connectivity index (χ2v) is 11.8. The first-order chi connectivity index (χ1) is 19.0. The van der Waals surface area contributed by atoms with Gasteiger partial charge in [0.1, 0.15) is 6.23 Å². The topological polar surface area (TPSA) is 88.5 Å². The summed E-state index contributed by atoms with van der Waals surface area (Å²) >= 11 is 0. The third kappa shape index (κ3) is 5.75. The number of amides is 1. The van der Waals surface area contributed by atoms with Crippen molar-refractivity contribution in [2.75, 3.05) is 57.4 Å². The number of nitrogens with zero attached hydrogens (tertiary/aromatic N) is 3. The summed E-state index contributed by atoms with van der Waals surface area (Å²) in [7, 11) is 0. The van der Waals surface area contributed by atoms with Crippen LogP contribution in [0.2, 0.25) is 0 Å². The average Bonchev–Trinajstić information content (AvgIpc) is 3.32. The second kappa shape index (κ2) is 12.3. The first-order valence-corrected chi connectivity index (χ1v) is 14.6. The van der Waals surface area contributed by atoms with Gasteiger partial charge in [0, 0.05) is 81.9 Å². The number of likely N-dealkylation sites (tertiary alicyclic amines) is 1. The van der Waals surface area contributed by atoms with Crippen molar-refractivity contribution < 1.29 is 19.7 Å². The Morgan fingerprint density at radius 3 is 2.65 bits per heavy atom. The van der Waals surface area contributed by atoms with E-state index in [0.717, 1.165) is 82.9 Å². The summed E-state index contributed by atoms with van der Waals surface area (Å²) in [5, 5.41) is 26.2. The Kier molecular flexibility index (Phi) is 9.05. The number of carbonyl (C=O) groups is 1. The van der Waals surface area contributed by atoms with E-state index in [-0.39, 0.29) is 29.8 Å². The van der Waals surface area contributed by atoms with Gasteiger partial charge in [-0.1, -0.05) is 30.3 Å². The largest absolute Gasteiger partial charge is 0.390 e. The highest BCUT2D eigenvalue weighted by atomic mass is 35.5. The fraction of sp³-hybridized carbons (Fsp3) is 0.581. The van der Waals surface area contributed by atoms with Gasteiger partial charge in [0.25, 0.3) is 5.91 Å². The Balaban J connectivity index is 0.00000323. The van der Waals surface area contributed by atoms with Crippen LogP contribution in [0.5, 0.6) is 0 Å². The van der Waals surface area contributed by atoms with E-state index in [4.69, 9.17) is 4.74 Å². The minimum atomic E-state index is -0.844. The number of β-amino-alcohol motifs (C(OH)–C–C–N with tert-alkyl or cyclic N) is 1. The number of ether oxygens (including phenoxy) is 1. The molecule has 0 radical (unpaired) electrons. The molecule has 6 rings (SSSR count). The summed E-state index contributed by atoms with van der Waals surface area (Å²) in [6.07, 6.45) is 2.42. The van der Waals surface area contributed by atoms with Crippen LogP contribution in [0.25, 0.3) is 0 Å². The molecule has 2 saturated heterocycles. The highest BCUT2D eigenvalue weighted by Crippen LogP contribution is 2.40. The van der Waals surface area contributed by atoms with E-state index in [1.165, 1.54) is 11.1 Å². The van der Waals surface area contributed by atoms with Gasteiger partial charge in [-0.25, -0.2) is 0 Å². The van der Waals surface area contributed by atoms with Crippen LogP contribution in [0, 0.1) is 5.41 Å². The summed E-state index contributed by atoms with van der Waals surface area (Å²) < 4.78 is 5.57. The fourth-order valence-electron chi connectivity index (χ4n) is 7.00. The van der Waals surface area contributed by atoms with E-state index in [2.05, 4.69) is 35.3 Å². The molecular formula is C31H43ClN4O4. The molecule has 1 spiro atoms. The summed E-state index contributed by atoms with van der Waals surface area (Å²) in [5.41, 5.74) is 5.16. The van der Waals surface area contributed by atoms with Crippen molar-refractivity contribution in [2.24, 2.45) is 5.41 Å². The van der Waals surface area contributed by atoms with Crippen LogP contribution in [-0.4, -0.2) is 90.5 Å². The molecule has 9 heteroatoms. The lowest BCUT2D eigenvalue weighted by Crippen LogP contribution is -2.50. The molecule has 218 valence electrons. The third-order valence-corrected chi connectivity index (χ3v) is 9.56. The quantitative estimate of drug-likeness (QED) is 0.509. The van der Waals surface area contributed by atoms with Gasteiger partial charge in [0.15, 0.2) is 0 Å². The monoisotopic (exact) mass is 570 g/mol. The molecule has 0 aliphatic carbocycles. The Bertz CT molecular complexity index is 1190. The predicted octanol–water partition coefficient (Wildman–Crippen LogP) is 2.96. The molecule has 1 unspecified atom stereocenters. The van der Waals surface area contributed by atoms with Crippen LogP contribution in [0.15, 0.2) is 42.5 Å². The molecular weight excluding hydrogens is 528 g/mol. The number of halogens is 1. The smallest absolute Gasteiger partial charge is 0.253 e. The maximum Gasteiger partial charge on any atom is 0.253 e. The number of hydrogen-bond donors (Lipinski definition) is 3. The SMILES string of the molecule is CCN1CCN(C[C@@H](O)[C@@H]2Cc3ccccc3CN2)C(O)c2ccc(C(=O)N3CCC4(CCOCC4)C3)cc21.Cl. The Labute approximate surface area is 243 Å². The van der Waals surface area contributed by atoms with Gasteiger partial charge in [-0.15, -0.1) is 12.4 Å². The molecule has 0 aromatic heterocycles. The highest BCUT2D eigenvalue weighted by molar-refractivity contribution is 5.95. The van der Waals surface area contributed by atoms with Crippen molar-refractivity contribution in [2.45, 2.75) is 57.5 Å². The van der Waals surface area contributed by atoms with Gasteiger partial charge in [-0.05, 0) is 61.3 Å². The number of carbonyl (C=O) groups excluding carboxylic acids is 1. The molecule has 0 bridgehead atoms. The van der Waals surface area contributed by atoms with Crippen LogP contribution in [0.3, 0.4) is 0 Å². The molecule has 2 fully saturated rings. The number of benzene rings is 2. The van der Waals surface area contributed by atoms with Gasteiger partial charge >= 0.3 is 0 Å². The van der Waals surface area contributed by atoms with Crippen molar-refractivity contribution in [3.8, 4) is 0 Å². The number of aliphatic hydroxyl groups is 2. The van der Waals surface area contributed by atoms with E-state index in [1.54, 1.807) is 0 Å². The molecule has 2 aromatic rings. The van der Waals surface area contributed by atoms with Gasteiger partial charge in [-0.3, -0.25) is 9.69 Å². The van der Waals surface area contributed by atoms with Crippen molar-refractivity contribution in [3.63, 3.8) is 0 Å². The number of anilines is 1. The number of fused-ring (bicyclic) bond motifs is 2.